The number of hydrogen-bond acceptors (Lipinski definition) is 2. The van der Waals surface area contributed by atoms with E-state index in [1.807, 2.05) is 17.4 Å². The van der Waals surface area contributed by atoms with Gasteiger partial charge >= 0.3 is 0 Å². The molecule has 0 saturated carbocycles. The van der Waals surface area contributed by atoms with Gasteiger partial charge in [0, 0.05) is 23.8 Å². The Labute approximate surface area is 116 Å². The second-order valence-electron chi connectivity index (χ2n) is 5.30. The van der Waals surface area contributed by atoms with Gasteiger partial charge in [-0.1, -0.05) is 30.3 Å². The fourth-order valence-electron chi connectivity index (χ4n) is 3.40. The van der Waals surface area contributed by atoms with Gasteiger partial charge < -0.3 is 4.90 Å². The number of nitrogens with zero attached hydrogens (tertiary/aromatic N) is 1. The summed E-state index contributed by atoms with van der Waals surface area (Å²) in [5.41, 5.74) is 2.71. The molecule has 0 N–H and O–H groups in total. The van der Waals surface area contributed by atoms with Gasteiger partial charge in [-0.2, -0.15) is 0 Å². The Morgan fingerprint density at radius 3 is 2.84 bits per heavy atom. The Morgan fingerprint density at radius 2 is 2.00 bits per heavy atom. The number of rotatable bonds is 1. The Morgan fingerprint density at radius 1 is 1.16 bits per heavy atom. The van der Waals surface area contributed by atoms with Gasteiger partial charge in [-0.25, -0.2) is 0 Å². The molecule has 1 aromatic carbocycles. The molecular weight excluding hydrogens is 254 g/mol. The summed E-state index contributed by atoms with van der Waals surface area (Å²) in [5, 5.41) is 2.17. The first-order valence-corrected chi connectivity index (χ1v) is 7.64. The first-order chi connectivity index (χ1) is 9.34. The molecule has 2 aromatic rings. The zero-order valence-corrected chi connectivity index (χ0v) is 11.4. The number of thiophene rings is 1. The van der Waals surface area contributed by atoms with Gasteiger partial charge in [0.2, 0.25) is 5.91 Å². The van der Waals surface area contributed by atoms with Crippen molar-refractivity contribution < 1.29 is 4.79 Å². The van der Waals surface area contributed by atoms with Gasteiger partial charge in [0.15, 0.2) is 0 Å². The van der Waals surface area contributed by atoms with Crippen LogP contribution in [-0.2, 0) is 4.79 Å². The van der Waals surface area contributed by atoms with Gasteiger partial charge in [0.1, 0.15) is 0 Å². The van der Waals surface area contributed by atoms with E-state index in [9.17, 15) is 4.79 Å². The smallest absolute Gasteiger partial charge is 0.223 e. The highest BCUT2D eigenvalue weighted by atomic mass is 32.1. The van der Waals surface area contributed by atoms with E-state index in [1.54, 1.807) is 0 Å². The summed E-state index contributed by atoms with van der Waals surface area (Å²) in [6.45, 7) is 0.848. The maximum absolute atomic E-state index is 12.0. The molecule has 3 heterocycles. The van der Waals surface area contributed by atoms with Crippen LogP contribution in [0, 0.1) is 0 Å². The first kappa shape index (κ1) is 11.2. The summed E-state index contributed by atoms with van der Waals surface area (Å²) < 4.78 is 0. The van der Waals surface area contributed by atoms with Crippen LogP contribution in [0.1, 0.15) is 40.8 Å². The number of fused-ring (bicyclic) bond motifs is 3. The van der Waals surface area contributed by atoms with E-state index < -0.39 is 0 Å². The molecule has 2 aliphatic rings. The molecule has 0 radical (unpaired) electrons. The second-order valence-corrected chi connectivity index (χ2v) is 6.25. The Balaban J connectivity index is 1.82. The molecule has 96 valence electrons. The van der Waals surface area contributed by atoms with Crippen LogP contribution >= 0.6 is 11.3 Å². The van der Waals surface area contributed by atoms with Crippen LogP contribution < -0.4 is 0 Å². The van der Waals surface area contributed by atoms with E-state index in [4.69, 9.17) is 0 Å². The Bertz CT molecular complexity index is 619. The van der Waals surface area contributed by atoms with Crippen molar-refractivity contribution in [3.05, 3.63) is 57.8 Å². The van der Waals surface area contributed by atoms with Crippen molar-refractivity contribution in [3.63, 3.8) is 0 Å². The molecule has 2 atom stereocenters. The zero-order chi connectivity index (χ0) is 12.8. The lowest BCUT2D eigenvalue weighted by Crippen LogP contribution is -2.36. The van der Waals surface area contributed by atoms with Crippen molar-refractivity contribution >= 4 is 17.2 Å². The van der Waals surface area contributed by atoms with E-state index in [2.05, 4.69) is 40.6 Å². The van der Waals surface area contributed by atoms with Crippen LogP contribution in [0.15, 0.2) is 41.8 Å². The van der Waals surface area contributed by atoms with Gasteiger partial charge in [-0.15, -0.1) is 11.3 Å². The summed E-state index contributed by atoms with van der Waals surface area (Å²) >= 11 is 1.84. The fraction of sp³-hybridized carbons (Fsp3) is 0.312. The highest BCUT2D eigenvalue weighted by Gasteiger charge is 2.40. The highest BCUT2D eigenvalue weighted by molar-refractivity contribution is 7.10. The van der Waals surface area contributed by atoms with E-state index in [1.165, 1.54) is 16.0 Å². The van der Waals surface area contributed by atoms with Crippen LogP contribution in [-0.4, -0.2) is 17.4 Å². The Hall–Kier alpha value is -1.61. The third kappa shape index (κ3) is 1.65. The average molecular weight is 269 g/mol. The maximum atomic E-state index is 12.0. The minimum Gasteiger partial charge on any atom is -0.335 e. The van der Waals surface area contributed by atoms with E-state index in [0.717, 1.165) is 13.0 Å². The quantitative estimate of drug-likeness (QED) is 0.775. The molecule has 1 saturated heterocycles. The number of carbonyl (C=O) groups is 1. The van der Waals surface area contributed by atoms with Crippen LogP contribution in [0.4, 0.5) is 0 Å². The standard InChI is InChI=1S/C16H15NOS/c18-15-7-6-14-12-8-9-19-16(12)13(10-17(14)15)11-4-2-1-3-5-11/h1-5,8-9,13-14H,6-7,10H2. The summed E-state index contributed by atoms with van der Waals surface area (Å²) in [5.74, 6) is 0.678. The topological polar surface area (TPSA) is 20.3 Å². The van der Waals surface area contributed by atoms with E-state index >= 15 is 0 Å². The fourth-order valence-corrected chi connectivity index (χ4v) is 4.47. The lowest BCUT2D eigenvalue weighted by molar-refractivity contribution is -0.129. The van der Waals surface area contributed by atoms with Gasteiger partial charge in [0.05, 0.1) is 6.04 Å². The number of carbonyl (C=O) groups excluding carboxylic acids is 1. The molecule has 2 aliphatic heterocycles. The van der Waals surface area contributed by atoms with Crippen molar-refractivity contribution in [1.82, 2.24) is 4.90 Å². The van der Waals surface area contributed by atoms with E-state index in [0.29, 0.717) is 24.3 Å². The lowest BCUT2D eigenvalue weighted by atomic mass is 9.88. The van der Waals surface area contributed by atoms with Gasteiger partial charge in [-0.05, 0) is 29.0 Å². The van der Waals surface area contributed by atoms with Crippen LogP contribution in [0.5, 0.6) is 0 Å². The molecule has 3 heteroatoms. The SMILES string of the molecule is O=C1CCC2c3ccsc3C(c3ccccc3)CN12. The zero-order valence-electron chi connectivity index (χ0n) is 10.6. The summed E-state index contributed by atoms with van der Waals surface area (Å²) in [6.07, 6.45) is 1.70. The molecule has 0 bridgehead atoms. The molecule has 1 aromatic heterocycles. The number of benzene rings is 1. The predicted octanol–water partition coefficient (Wildman–Crippen LogP) is 3.56. The van der Waals surface area contributed by atoms with E-state index in [-0.39, 0.29) is 0 Å². The molecule has 1 amide bonds. The van der Waals surface area contributed by atoms with Crippen molar-refractivity contribution in [3.8, 4) is 0 Å². The number of amides is 1. The number of hydrogen-bond donors (Lipinski definition) is 0. The van der Waals surface area contributed by atoms with Crippen LogP contribution in [0.25, 0.3) is 0 Å². The van der Waals surface area contributed by atoms with Crippen LogP contribution in [0.2, 0.25) is 0 Å². The summed E-state index contributed by atoms with van der Waals surface area (Å²) in [4.78, 5) is 15.6. The third-order valence-corrected chi connectivity index (χ3v) is 5.36. The van der Waals surface area contributed by atoms with Crippen LogP contribution in [0.3, 0.4) is 0 Å². The molecule has 0 spiro atoms. The lowest BCUT2D eigenvalue weighted by Gasteiger charge is -2.35. The predicted molar refractivity (Wildman–Crippen MR) is 76.3 cm³/mol. The summed E-state index contributed by atoms with van der Waals surface area (Å²) in [6, 6.07) is 13.1. The van der Waals surface area contributed by atoms with Crippen molar-refractivity contribution in [2.24, 2.45) is 0 Å². The molecular formula is C16H15NOS. The molecule has 2 unspecified atom stereocenters. The van der Waals surface area contributed by atoms with Gasteiger partial charge in [-0.3, -0.25) is 4.79 Å². The third-order valence-electron chi connectivity index (χ3n) is 4.31. The minimum atomic E-state index is 0.322. The highest BCUT2D eigenvalue weighted by Crippen LogP contribution is 2.46. The normalized spacial score (nSPS) is 25.3. The molecule has 0 aliphatic carbocycles. The molecule has 4 rings (SSSR count). The average Bonchev–Trinajstić information content (AvgIpc) is 3.06. The maximum Gasteiger partial charge on any atom is 0.223 e. The monoisotopic (exact) mass is 269 g/mol. The molecule has 1 fully saturated rings. The molecule has 19 heavy (non-hydrogen) atoms. The van der Waals surface area contributed by atoms with Crippen molar-refractivity contribution in [2.75, 3.05) is 6.54 Å². The van der Waals surface area contributed by atoms with Crippen molar-refractivity contribution in [1.29, 1.82) is 0 Å². The van der Waals surface area contributed by atoms with Crippen molar-refractivity contribution in [2.45, 2.75) is 24.8 Å². The molecule has 2 nitrogen and oxygen atoms in total. The largest absolute Gasteiger partial charge is 0.335 e. The minimum absolute atomic E-state index is 0.322. The van der Waals surface area contributed by atoms with Gasteiger partial charge in [0.25, 0.3) is 0 Å². The first-order valence-electron chi connectivity index (χ1n) is 6.76. The summed E-state index contributed by atoms with van der Waals surface area (Å²) in [7, 11) is 0. The Kier molecular flexibility index (Phi) is 2.49. The second kappa shape index (κ2) is 4.20.